The minimum absolute atomic E-state index is 0.0571. The molecule has 0 radical (unpaired) electrons. The van der Waals surface area contributed by atoms with E-state index in [-0.39, 0.29) is 23.3 Å². The Labute approximate surface area is 145 Å². The molecule has 0 aromatic carbocycles. The highest BCUT2D eigenvalue weighted by Crippen LogP contribution is 2.39. The molecule has 0 saturated carbocycles. The Kier molecular flexibility index (Phi) is 3.91. The lowest BCUT2D eigenvalue weighted by Crippen LogP contribution is -2.52. The summed E-state index contributed by atoms with van der Waals surface area (Å²) in [6, 6.07) is 3.80. The van der Waals surface area contributed by atoms with Crippen molar-refractivity contribution in [2.75, 3.05) is 13.1 Å². The van der Waals surface area contributed by atoms with Crippen molar-refractivity contribution >= 4 is 11.8 Å². The molecule has 2 aromatic heterocycles. The van der Waals surface area contributed by atoms with E-state index in [4.69, 9.17) is 0 Å². The van der Waals surface area contributed by atoms with Crippen LogP contribution in [0, 0.1) is 0 Å². The number of hydrogen-bond acceptors (Lipinski definition) is 5. The largest absolute Gasteiger partial charge is 0.350 e. The fourth-order valence-electron chi connectivity index (χ4n) is 3.77. The van der Waals surface area contributed by atoms with Gasteiger partial charge in [-0.25, -0.2) is 4.98 Å². The zero-order valence-corrected chi connectivity index (χ0v) is 13.8. The third-order valence-electron chi connectivity index (χ3n) is 5.18. The van der Waals surface area contributed by atoms with Gasteiger partial charge in [-0.3, -0.25) is 19.6 Å². The number of nitrogens with one attached hydrogen (secondary N) is 1. The molecule has 0 bridgehead atoms. The number of rotatable bonds is 2. The van der Waals surface area contributed by atoms with Gasteiger partial charge < -0.3 is 10.2 Å². The molecule has 2 aromatic rings. The zero-order chi connectivity index (χ0) is 17.3. The summed E-state index contributed by atoms with van der Waals surface area (Å²) < 4.78 is 0. The number of amides is 2. The first-order valence-electron chi connectivity index (χ1n) is 8.44. The minimum Gasteiger partial charge on any atom is -0.350 e. The van der Waals surface area contributed by atoms with Crippen molar-refractivity contribution in [3.63, 3.8) is 0 Å². The first-order chi connectivity index (χ1) is 12.2. The van der Waals surface area contributed by atoms with E-state index in [9.17, 15) is 9.59 Å². The SMILES string of the molecule is O=C1NC2(CCN(C(=O)c3cnccn3)CC2)CC1c1cccnc1. The van der Waals surface area contributed by atoms with Crippen molar-refractivity contribution in [1.82, 2.24) is 25.2 Å². The van der Waals surface area contributed by atoms with Crippen LogP contribution in [0.2, 0.25) is 0 Å². The molecule has 1 unspecified atom stereocenters. The standard InChI is InChI=1S/C18H19N5O2/c24-16-14(13-2-1-5-19-11-13)10-18(22-16)3-8-23(9-4-18)17(25)15-12-20-6-7-21-15/h1-2,5-7,11-12,14H,3-4,8-10H2,(H,22,24). The van der Waals surface area contributed by atoms with Crippen LogP contribution in [-0.2, 0) is 4.79 Å². The predicted octanol–water partition coefficient (Wildman–Crippen LogP) is 1.15. The van der Waals surface area contributed by atoms with Crippen molar-refractivity contribution in [3.8, 4) is 0 Å². The first kappa shape index (κ1) is 15.7. The summed E-state index contributed by atoms with van der Waals surface area (Å²) in [6.07, 6.45) is 10.3. The van der Waals surface area contributed by atoms with Gasteiger partial charge in [0.15, 0.2) is 0 Å². The van der Waals surface area contributed by atoms with E-state index in [0.29, 0.717) is 18.8 Å². The monoisotopic (exact) mass is 337 g/mol. The Morgan fingerprint density at radius 1 is 1.16 bits per heavy atom. The summed E-state index contributed by atoms with van der Waals surface area (Å²) in [5.74, 6) is -0.200. The van der Waals surface area contributed by atoms with Gasteiger partial charge in [0.2, 0.25) is 5.91 Å². The van der Waals surface area contributed by atoms with E-state index in [2.05, 4.69) is 20.3 Å². The van der Waals surface area contributed by atoms with Gasteiger partial charge in [0.25, 0.3) is 5.91 Å². The fraction of sp³-hybridized carbons (Fsp3) is 0.389. The number of carbonyl (C=O) groups excluding carboxylic acids is 2. The molecular formula is C18H19N5O2. The lowest BCUT2D eigenvalue weighted by Gasteiger charge is -2.39. The second-order valence-electron chi connectivity index (χ2n) is 6.70. The maximum Gasteiger partial charge on any atom is 0.274 e. The molecule has 7 nitrogen and oxygen atoms in total. The molecule has 2 amide bonds. The number of aromatic nitrogens is 3. The average molecular weight is 337 g/mol. The van der Waals surface area contributed by atoms with Crippen LogP contribution in [0.25, 0.3) is 0 Å². The number of likely N-dealkylation sites (tertiary alicyclic amines) is 1. The molecule has 7 heteroatoms. The molecule has 1 spiro atoms. The molecule has 25 heavy (non-hydrogen) atoms. The van der Waals surface area contributed by atoms with Gasteiger partial charge in [-0.15, -0.1) is 0 Å². The molecule has 4 heterocycles. The van der Waals surface area contributed by atoms with Crippen molar-refractivity contribution < 1.29 is 9.59 Å². The van der Waals surface area contributed by atoms with Crippen LogP contribution in [0.4, 0.5) is 0 Å². The Balaban J connectivity index is 1.43. The van der Waals surface area contributed by atoms with Crippen molar-refractivity contribution in [3.05, 3.63) is 54.4 Å². The third-order valence-corrected chi connectivity index (χ3v) is 5.18. The van der Waals surface area contributed by atoms with Gasteiger partial charge in [0, 0.05) is 43.4 Å². The average Bonchev–Trinajstić information content (AvgIpc) is 2.99. The normalized spacial score (nSPS) is 22.0. The van der Waals surface area contributed by atoms with Crippen molar-refractivity contribution in [2.45, 2.75) is 30.7 Å². The van der Waals surface area contributed by atoms with E-state index in [0.717, 1.165) is 24.8 Å². The van der Waals surface area contributed by atoms with Crippen molar-refractivity contribution in [2.24, 2.45) is 0 Å². The van der Waals surface area contributed by atoms with Crippen LogP contribution in [0.5, 0.6) is 0 Å². The highest BCUT2D eigenvalue weighted by molar-refractivity contribution is 5.92. The van der Waals surface area contributed by atoms with Gasteiger partial charge in [0.1, 0.15) is 5.69 Å². The maximum atomic E-state index is 12.5. The maximum absolute atomic E-state index is 12.5. The van der Waals surface area contributed by atoms with E-state index in [1.54, 1.807) is 23.5 Å². The number of nitrogens with zero attached hydrogens (tertiary/aromatic N) is 4. The van der Waals surface area contributed by atoms with Crippen LogP contribution < -0.4 is 5.32 Å². The minimum atomic E-state index is -0.225. The van der Waals surface area contributed by atoms with Gasteiger partial charge in [-0.05, 0) is 30.9 Å². The van der Waals surface area contributed by atoms with Crippen LogP contribution >= 0.6 is 0 Å². The Morgan fingerprint density at radius 3 is 2.64 bits per heavy atom. The predicted molar refractivity (Wildman–Crippen MR) is 89.6 cm³/mol. The topological polar surface area (TPSA) is 88.1 Å². The molecule has 2 fully saturated rings. The highest BCUT2D eigenvalue weighted by atomic mass is 16.2. The number of pyridine rings is 1. The van der Waals surface area contributed by atoms with Gasteiger partial charge >= 0.3 is 0 Å². The molecule has 2 aliphatic rings. The van der Waals surface area contributed by atoms with Gasteiger partial charge in [-0.2, -0.15) is 0 Å². The van der Waals surface area contributed by atoms with E-state index < -0.39 is 0 Å². The van der Waals surface area contributed by atoms with Crippen LogP contribution in [0.3, 0.4) is 0 Å². The lowest BCUT2D eigenvalue weighted by molar-refractivity contribution is -0.121. The molecule has 128 valence electrons. The van der Waals surface area contributed by atoms with E-state index >= 15 is 0 Å². The van der Waals surface area contributed by atoms with Gasteiger partial charge in [0.05, 0.1) is 12.1 Å². The summed E-state index contributed by atoms with van der Waals surface area (Å²) in [5.41, 5.74) is 1.09. The van der Waals surface area contributed by atoms with Crippen LogP contribution in [0.15, 0.2) is 43.1 Å². The Bertz CT molecular complexity index is 773. The summed E-state index contributed by atoms with van der Waals surface area (Å²) in [7, 11) is 0. The molecule has 1 N–H and O–H groups in total. The smallest absolute Gasteiger partial charge is 0.274 e. The van der Waals surface area contributed by atoms with E-state index in [1.165, 1.54) is 12.4 Å². The second kappa shape index (κ2) is 6.23. The quantitative estimate of drug-likeness (QED) is 0.888. The number of carbonyl (C=O) groups is 2. The number of hydrogen-bond donors (Lipinski definition) is 1. The number of piperidine rings is 1. The molecule has 2 saturated heterocycles. The van der Waals surface area contributed by atoms with Crippen molar-refractivity contribution in [1.29, 1.82) is 0 Å². The van der Waals surface area contributed by atoms with Gasteiger partial charge in [-0.1, -0.05) is 6.07 Å². The summed E-state index contributed by atoms with van der Waals surface area (Å²) >= 11 is 0. The van der Waals surface area contributed by atoms with E-state index in [1.807, 2.05) is 12.1 Å². The van der Waals surface area contributed by atoms with Crippen LogP contribution in [0.1, 0.15) is 41.2 Å². The molecule has 2 aliphatic heterocycles. The zero-order valence-electron chi connectivity index (χ0n) is 13.8. The Morgan fingerprint density at radius 2 is 1.96 bits per heavy atom. The van der Waals surface area contributed by atoms with Crippen LogP contribution in [-0.4, -0.2) is 50.3 Å². The first-order valence-corrected chi connectivity index (χ1v) is 8.44. The second-order valence-corrected chi connectivity index (χ2v) is 6.70. The summed E-state index contributed by atoms with van der Waals surface area (Å²) in [6.45, 7) is 1.21. The Hall–Kier alpha value is -2.83. The third kappa shape index (κ3) is 2.97. The lowest BCUT2D eigenvalue weighted by atomic mass is 9.82. The molecular weight excluding hydrogens is 318 g/mol. The highest BCUT2D eigenvalue weighted by Gasteiger charge is 2.46. The summed E-state index contributed by atoms with van der Waals surface area (Å²) in [5, 5.41) is 3.18. The molecule has 0 aliphatic carbocycles. The molecule has 1 atom stereocenters. The molecule has 4 rings (SSSR count). The fourth-order valence-corrected chi connectivity index (χ4v) is 3.77. The summed E-state index contributed by atoms with van der Waals surface area (Å²) in [4.78, 5) is 38.9.